The summed E-state index contributed by atoms with van der Waals surface area (Å²) in [6.07, 6.45) is 6.90. The van der Waals surface area contributed by atoms with Crippen molar-refractivity contribution in [2.45, 2.75) is 100.0 Å². The van der Waals surface area contributed by atoms with Crippen LogP contribution in [0.4, 0.5) is 0 Å². The smallest absolute Gasteiger partial charge is 0.0730 e. The van der Waals surface area contributed by atoms with Crippen molar-refractivity contribution < 1.29 is 0 Å². The van der Waals surface area contributed by atoms with Crippen LogP contribution in [0.15, 0.2) is 77.4 Å². The quantitative estimate of drug-likeness (QED) is 0.208. The van der Waals surface area contributed by atoms with Crippen LogP contribution in [0.1, 0.15) is 88.8 Å². The standard InChI is InChI=1S/C37H48Si/c1-11-30-18-31(12-2)21-35(20-30)38(34-16-25(5)15-26(6)17-34,37(10)24-27(7)28(8)29(37)9)36-22-32(13-3)19-33(14-4)23-36/h15-24H,11-14H2,1-10H3. The van der Waals surface area contributed by atoms with E-state index in [4.69, 9.17) is 0 Å². The van der Waals surface area contributed by atoms with E-state index in [9.17, 15) is 0 Å². The van der Waals surface area contributed by atoms with Crippen molar-refractivity contribution in [2.24, 2.45) is 0 Å². The first-order valence-corrected chi connectivity index (χ1v) is 16.8. The van der Waals surface area contributed by atoms with Gasteiger partial charge in [-0.3, -0.25) is 0 Å². The second kappa shape index (κ2) is 10.9. The molecule has 0 spiro atoms. The van der Waals surface area contributed by atoms with E-state index in [1.54, 1.807) is 21.1 Å². The van der Waals surface area contributed by atoms with Gasteiger partial charge in [-0.15, -0.1) is 0 Å². The lowest BCUT2D eigenvalue weighted by Gasteiger charge is -2.48. The predicted molar refractivity (Wildman–Crippen MR) is 171 cm³/mol. The van der Waals surface area contributed by atoms with E-state index in [-0.39, 0.29) is 5.04 Å². The fourth-order valence-corrected chi connectivity index (χ4v) is 13.6. The minimum atomic E-state index is -2.65. The minimum absolute atomic E-state index is 0.0733. The number of allylic oxidation sites excluding steroid dienone is 4. The van der Waals surface area contributed by atoms with Crippen molar-refractivity contribution in [1.82, 2.24) is 0 Å². The van der Waals surface area contributed by atoms with Crippen LogP contribution in [0.2, 0.25) is 5.04 Å². The van der Waals surface area contributed by atoms with Gasteiger partial charge in [-0.1, -0.05) is 118 Å². The highest BCUT2D eigenvalue weighted by molar-refractivity contribution is 7.14. The van der Waals surface area contributed by atoms with E-state index in [0.717, 1.165) is 25.7 Å². The summed E-state index contributed by atoms with van der Waals surface area (Å²) < 4.78 is 0. The lowest BCUT2D eigenvalue weighted by Crippen LogP contribution is -2.73. The molecule has 0 radical (unpaired) electrons. The first kappa shape index (κ1) is 28.4. The molecule has 1 atom stereocenters. The molecule has 1 aliphatic rings. The number of aryl methyl sites for hydroxylation is 6. The number of hydrogen-bond acceptors (Lipinski definition) is 0. The molecule has 0 bridgehead atoms. The molecule has 0 amide bonds. The summed E-state index contributed by atoms with van der Waals surface area (Å²) in [5, 5.41) is 4.60. The Kier molecular flexibility index (Phi) is 8.10. The Morgan fingerprint density at radius 3 is 1.21 bits per heavy atom. The lowest BCUT2D eigenvalue weighted by atomic mass is 10.0. The fraction of sp³-hybridized carbons (Fsp3) is 0.405. The van der Waals surface area contributed by atoms with Crippen molar-refractivity contribution >= 4 is 23.6 Å². The largest absolute Gasteiger partial charge is 0.161 e. The highest BCUT2D eigenvalue weighted by atomic mass is 28.3. The van der Waals surface area contributed by atoms with Crippen molar-refractivity contribution in [1.29, 1.82) is 0 Å². The normalized spacial score (nSPS) is 17.8. The highest BCUT2D eigenvalue weighted by Crippen LogP contribution is 2.53. The first-order chi connectivity index (χ1) is 18.0. The zero-order valence-corrected chi connectivity index (χ0v) is 26.6. The Bertz CT molecular complexity index is 1300. The molecule has 0 aliphatic heterocycles. The van der Waals surface area contributed by atoms with Crippen molar-refractivity contribution in [3.05, 3.63) is 111 Å². The third-order valence-electron chi connectivity index (χ3n) is 9.48. The van der Waals surface area contributed by atoms with E-state index in [1.807, 2.05) is 0 Å². The van der Waals surface area contributed by atoms with E-state index in [0.29, 0.717) is 0 Å². The molecule has 0 N–H and O–H groups in total. The molecule has 3 aromatic rings. The summed E-state index contributed by atoms with van der Waals surface area (Å²) in [4.78, 5) is 0. The maximum absolute atomic E-state index is 2.65. The van der Waals surface area contributed by atoms with E-state index >= 15 is 0 Å². The van der Waals surface area contributed by atoms with Gasteiger partial charge in [0.2, 0.25) is 0 Å². The highest BCUT2D eigenvalue weighted by Gasteiger charge is 2.56. The van der Waals surface area contributed by atoms with E-state index in [2.05, 4.69) is 130 Å². The summed E-state index contributed by atoms with van der Waals surface area (Å²) in [6.45, 7) is 23.4. The number of benzene rings is 3. The summed E-state index contributed by atoms with van der Waals surface area (Å²) in [7, 11) is -2.65. The second-order valence-electron chi connectivity index (χ2n) is 11.9. The summed E-state index contributed by atoms with van der Waals surface area (Å²) >= 11 is 0. The summed E-state index contributed by atoms with van der Waals surface area (Å²) in [5.74, 6) is 0. The van der Waals surface area contributed by atoms with Crippen molar-refractivity contribution in [2.75, 3.05) is 0 Å². The Morgan fingerprint density at radius 1 is 0.526 bits per heavy atom. The van der Waals surface area contributed by atoms with Gasteiger partial charge < -0.3 is 0 Å². The lowest BCUT2D eigenvalue weighted by molar-refractivity contribution is 0.869. The Hall–Kier alpha value is -2.64. The van der Waals surface area contributed by atoms with Crippen LogP contribution in [0.3, 0.4) is 0 Å². The molecule has 0 saturated carbocycles. The SMILES string of the molecule is CCc1cc(CC)cc([Si](c2cc(C)cc(C)c2)(c2cc(CC)cc(CC)c2)C2(C)C=C(C)C(C)=C2C)c1. The molecule has 1 unspecified atom stereocenters. The van der Waals surface area contributed by atoms with Gasteiger partial charge in [0.15, 0.2) is 8.07 Å². The first-order valence-electron chi connectivity index (χ1n) is 14.8. The van der Waals surface area contributed by atoms with Gasteiger partial charge in [0.05, 0.1) is 0 Å². The third-order valence-corrected chi connectivity index (χ3v) is 15.0. The molecular weight excluding hydrogens is 472 g/mol. The molecule has 0 saturated heterocycles. The molecule has 4 rings (SSSR count). The maximum Gasteiger partial charge on any atom is 0.161 e. The van der Waals surface area contributed by atoms with Crippen molar-refractivity contribution in [3.63, 3.8) is 0 Å². The topological polar surface area (TPSA) is 0 Å². The third kappa shape index (κ3) is 4.58. The summed E-state index contributed by atoms with van der Waals surface area (Å²) in [6, 6.07) is 22.6. The molecule has 0 heterocycles. The average molecular weight is 521 g/mol. The minimum Gasteiger partial charge on any atom is -0.0730 e. The van der Waals surface area contributed by atoms with Crippen LogP contribution in [0, 0.1) is 13.8 Å². The van der Waals surface area contributed by atoms with E-state index < -0.39 is 8.07 Å². The Balaban J connectivity index is 2.32. The van der Waals surface area contributed by atoms with Gasteiger partial charge in [0.25, 0.3) is 0 Å². The second-order valence-corrected chi connectivity index (χ2v) is 16.2. The Morgan fingerprint density at radius 2 is 0.895 bits per heavy atom. The predicted octanol–water partition coefficient (Wildman–Crippen LogP) is 8.08. The molecule has 0 nitrogen and oxygen atoms in total. The van der Waals surface area contributed by atoms with Crippen LogP contribution in [0.5, 0.6) is 0 Å². The summed E-state index contributed by atoms with van der Waals surface area (Å²) in [5.41, 5.74) is 13.0. The zero-order valence-electron chi connectivity index (χ0n) is 25.6. The van der Waals surface area contributed by atoms with Gasteiger partial charge in [0.1, 0.15) is 0 Å². The Labute approximate surface area is 233 Å². The van der Waals surface area contributed by atoms with Crippen molar-refractivity contribution in [3.8, 4) is 0 Å². The number of hydrogen-bond donors (Lipinski definition) is 0. The van der Waals surface area contributed by atoms with E-state index in [1.165, 1.54) is 44.5 Å². The van der Waals surface area contributed by atoms with Crippen LogP contribution in [0.25, 0.3) is 0 Å². The molecular formula is C37H48Si. The molecule has 0 fully saturated rings. The van der Waals surface area contributed by atoms with Crippen LogP contribution in [-0.4, -0.2) is 8.07 Å². The molecule has 1 aliphatic carbocycles. The van der Waals surface area contributed by atoms with Gasteiger partial charge in [-0.05, 0) is 104 Å². The van der Waals surface area contributed by atoms with Gasteiger partial charge in [0, 0.05) is 5.04 Å². The maximum atomic E-state index is 2.65. The van der Waals surface area contributed by atoms with Crippen LogP contribution in [-0.2, 0) is 25.7 Å². The molecule has 1 heteroatoms. The van der Waals surface area contributed by atoms with Gasteiger partial charge in [-0.2, -0.15) is 0 Å². The monoisotopic (exact) mass is 520 g/mol. The van der Waals surface area contributed by atoms with Gasteiger partial charge in [-0.25, -0.2) is 0 Å². The number of rotatable bonds is 8. The van der Waals surface area contributed by atoms with Crippen LogP contribution < -0.4 is 15.6 Å². The zero-order chi connectivity index (χ0) is 27.8. The average Bonchev–Trinajstić information content (AvgIpc) is 3.10. The van der Waals surface area contributed by atoms with Gasteiger partial charge >= 0.3 is 0 Å². The molecule has 38 heavy (non-hydrogen) atoms. The molecule has 3 aromatic carbocycles. The molecule has 0 aromatic heterocycles. The molecule has 200 valence electrons. The fourth-order valence-electron chi connectivity index (χ4n) is 7.09. The van der Waals surface area contributed by atoms with Crippen LogP contribution >= 0.6 is 0 Å².